The van der Waals surface area contributed by atoms with Crippen LogP contribution in [0.25, 0.3) is 0 Å². The molecule has 1 aromatic rings. The Bertz CT molecular complexity index is 489. The second-order valence-electron chi connectivity index (χ2n) is 3.15. The van der Waals surface area contributed by atoms with Gasteiger partial charge in [-0.15, -0.1) is 0 Å². The van der Waals surface area contributed by atoms with Gasteiger partial charge in [-0.25, -0.2) is 0 Å². The lowest BCUT2D eigenvalue weighted by Crippen LogP contribution is -2.31. The fourth-order valence-corrected chi connectivity index (χ4v) is 1.70. The lowest BCUT2D eigenvalue weighted by molar-refractivity contribution is -0.150. The van der Waals surface area contributed by atoms with Crippen LogP contribution in [0.15, 0.2) is 18.2 Å². The number of halogens is 2. The highest BCUT2D eigenvalue weighted by Gasteiger charge is 2.31. The molecule has 0 radical (unpaired) electrons. The SMILES string of the molecule is N=C(c1ccc(I)c(Cl)c1)C(C(=O)O)C(=O)O. The van der Waals surface area contributed by atoms with Gasteiger partial charge < -0.3 is 15.6 Å². The first kappa shape index (κ1) is 13.9. The van der Waals surface area contributed by atoms with Crippen LogP contribution in [0.1, 0.15) is 5.56 Å². The molecule has 0 amide bonds. The van der Waals surface area contributed by atoms with E-state index < -0.39 is 23.6 Å². The van der Waals surface area contributed by atoms with Crippen molar-refractivity contribution in [1.82, 2.24) is 0 Å². The molecule has 90 valence electrons. The van der Waals surface area contributed by atoms with Crippen LogP contribution in [0.2, 0.25) is 5.02 Å². The Morgan fingerprint density at radius 3 is 2.24 bits per heavy atom. The maximum Gasteiger partial charge on any atom is 0.324 e. The summed E-state index contributed by atoms with van der Waals surface area (Å²) in [6, 6.07) is 4.44. The molecule has 0 saturated heterocycles. The number of hydrogen-bond donors (Lipinski definition) is 3. The summed E-state index contributed by atoms with van der Waals surface area (Å²) in [5.41, 5.74) is -0.312. The summed E-state index contributed by atoms with van der Waals surface area (Å²) in [7, 11) is 0. The highest BCUT2D eigenvalue weighted by Crippen LogP contribution is 2.21. The molecule has 7 heteroatoms. The standard InChI is InChI=1S/C10H7ClINO4/c11-5-3-4(1-2-6(5)12)8(13)7(9(14)15)10(16)17/h1-3,7,13H,(H,14,15)(H,16,17). The average molecular weight is 368 g/mol. The summed E-state index contributed by atoms with van der Waals surface area (Å²) >= 11 is 7.80. The Hall–Kier alpha value is -1.15. The second-order valence-corrected chi connectivity index (χ2v) is 4.72. The Labute approximate surface area is 115 Å². The van der Waals surface area contributed by atoms with E-state index in [4.69, 9.17) is 27.2 Å². The molecular weight excluding hydrogens is 360 g/mol. The van der Waals surface area contributed by atoms with Crippen LogP contribution >= 0.6 is 34.2 Å². The second kappa shape index (κ2) is 5.46. The van der Waals surface area contributed by atoms with Crippen molar-refractivity contribution in [3.05, 3.63) is 32.4 Å². The summed E-state index contributed by atoms with van der Waals surface area (Å²) in [5, 5.41) is 25.4. The molecule has 0 fully saturated rings. The molecule has 0 aromatic heterocycles. The van der Waals surface area contributed by atoms with Gasteiger partial charge >= 0.3 is 11.9 Å². The molecule has 1 aromatic carbocycles. The van der Waals surface area contributed by atoms with E-state index in [1.165, 1.54) is 12.1 Å². The lowest BCUT2D eigenvalue weighted by Gasteiger charge is -2.10. The van der Waals surface area contributed by atoms with Gasteiger partial charge in [0.25, 0.3) is 0 Å². The van der Waals surface area contributed by atoms with E-state index >= 15 is 0 Å². The van der Waals surface area contributed by atoms with Crippen molar-refractivity contribution in [1.29, 1.82) is 5.41 Å². The molecule has 0 aliphatic carbocycles. The topological polar surface area (TPSA) is 98.5 Å². The fourth-order valence-electron chi connectivity index (χ4n) is 1.18. The van der Waals surface area contributed by atoms with Gasteiger partial charge in [-0.2, -0.15) is 0 Å². The van der Waals surface area contributed by atoms with Crippen LogP contribution in [-0.4, -0.2) is 27.9 Å². The van der Waals surface area contributed by atoms with Crippen LogP contribution in [-0.2, 0) is 9.59 Å². The van der Waals surface area contributed by atoms with Crippen molar-refractivity contribution in [3.63, 3.8) is 0 Å². The molecule has 0 unspecified atom stereocenters. The molecule has 0 spiro atoms. The van der Waals surface area contributed by atoms with E-state index in [9.17, 15) is 9.59 Å². The van der Waals surface area contributed by atoms with Crippen LogP contribution in [0.5, 0.6) is 0 Å². The molecular formula is C10H7ClINO4. The zero-order valence-corrected chi connectivity index (χ0v) is 11.2. The van der Waals surface area contributed by atoms with Gasteiger partial charge in [0.05, 0.1) is 10.7 Å². The summed E-state index contributed by atoms with van der Waals surface area (Å²) in [6.07, 6.45) is 0. The Balaban J connectivity index is 3.14. The van der Waals surface area contributed by atoms with Crippen LogP contribution < -0.4 is 0 Å². The summed E-state index contributed by atoms with van der Waals surface area (Å²) in [6.45, 7) is 0. The fraction of sp³-hybridized carbons (Fsp3) is 0.100. The maximum absolute atomic E-state index is 10.8. The molecule has 1 rings (SSSR count). The predicted octanol–water partition coefficient (Wildman–Crippen LogP) is 2.10. The number of carbonyl (C=O) groups is 2. The van der Waals surface area contributed by atoms with Crippen LogP contribution in [0, 0.1) is 14.9 Å². The molecule has 0 aliphatic heterocycles. The molecule has 0 bridgehead atoms. The van der Waals surface area contributed by atoms with E-state index in [0.29, 0.717) is 5.02 Å². The third-order valence-electron chi connectivity index (χ3n) is 2.01. The first-order chi connectivity index (χ1) is 7.84. The lowest BCUT2D eigenvalue weighted by atomic mass is 9.97. The number of rotatable bonds is 4. The number of aliphatic carboxylic acids is 2. The van der Waals surface area contributed by atoms with Gasteiger partial charge in [-0.1, -0.05) is 17.7 Å². The average Bonchev–Trinajstić information content (AvgIpc) is 2.20. The quantitative estimate of drug-likeness (QED) is 0.431. The third-order valence-corrected chi connectivity index (χ3v) is 3.59. The molecule has 0 atom stereocenters. The van der Waals surface area contributed by atoms with Crippen molar-refractivity contribution in [2.24, 2.45) is 5.92 Å². The highest BCUT2D eigenvalue weighted by molar-refractivity contribution is 14.1. The molecule has 0 aliphatic rings. The van der Waals surface area contributed by atoms with Crippen molar-refractivity contribution in [3.8, 4) is 0 Å². The van der Waals surface area contributed by atoms with Gasteiger partial charge in [0.2, 0.25) is 0 Å². The van der Waals surface area contributed by atoms with E-state index in [2.05, 4.69) is 0 Å². The molecule has 0 saturated carbocycles. The maximum atomic E-state index is 10.8. The van der Waals surface area contributed by atoms with Crippen molar-refractivity contribution in [2.45, 2.75) is 0 Å². The summed E-state index contributed by atoms with van der Waals surface area (Å²) < 4.78 is 0.739. The molecule has 3 N–H and O–H groups in total. The van der Waals surface area contributed by atoms with E-state index in [0.717, 1.165) is 3.57 Å². The zero-order valence-electron chi connectivity index (χ0n) is 8.28. The number of carboxylic acid groups (broad SMARTS) is 2. The van der Waals surface area contributed by atoms with E-state index in [1.54, 1.807) is 6.07 Å². The number of nitrogens with one attached hydrogen (secondary N) is 1. The van der Waals surface area contributed by atoms with Crippen LogP contribution in [0.4, 0.5) is 0 Å². The molecule has 5 nitrogen and oxygen atoms in total. The van der Waals surface area contributed by atoms with Gasteiger partial charge in [0, 0.05) is 3.57 Å². The summed E-state index contributed by atoms with van der Waals surface area (Å²) in [5.74, 6) is -5.03. The van der Waals surface area contributed by atoms with Gasteiger partial charge in [0.1, 0.15) is 0 Å². The smallest absolute Gasteiger partial charge is 0.324 e. The number of benzene rings is 1. The van der Waals surface area contributed by atoms with Gasteiger partial charge in [-0.05, 0) is 40.3 Å². The first-order valence-electron chi connectivity index (χ1n) is 4.34. The first-order valence-corrected chi connectivity index (χ1v) is 5.79. The normalized spacial score (nSPS) is 10.3. The predicted molar refractivity (Wildman–Crippen MR) is 69.8 cm³/mol. The highest BCUT2D eigenvalue weighted by atomic mass is 127. The van der Waals surface area contributed by atoms with Gasteiger partial charge in [-0.3, -0.25) is 9.59 Å². The van der Waals surface area contributed by atoms with Crippen molar-refractivity contribution in [2.75, 3.05) is 0 Å². The number of carboxylic acids is 2. The molecule has 0 heterocycles. The minimum absolute atomic E-state index is 0.185. The zero-order chi connectivity index (χ0) is 13.2. The third kappa shape index (κ3) is 3.16. The Morgan fingerprint density at radius 2 is 1.82 bits per heavy atom. The largest absolute Gasteiger partial charge is 0.480 e. The minimum Gasteiger partial charge on any atom is -0.480 e. The van der Waals surface area contributed by atoms with Crippen molar-refractivity contribution < 1.29 is 19.8 Å². The molecule has 17 heavy (non-hydrogen) atoms. The van der Waals surface area contributed by atoms with E-state index in [-0.39, 0.29) is 5.56 Å². The minimum atomic E-state index is -1.88. The van der Waals surface area contributed by atoms with E-state index in [1.807, 2.05) is 22.6 Å². The Kier molecular flexibility index (Phi) is 4.47. The van der Waals surface area contributed by atoms with Crippen LogP contribution in [0.3, 0.4) is 0 Å². The number of hydrogen-bond acceptors (Lipinski definition) is 3. The monoisotopic (exact) mass is 367 g/mol. The summed E-state index contributed by atoms with van der Waals surface area (Å²) in [4.78, 5) is 21.5. The van der Waals surface area contributed by atoms with Crippen molar-refractivity contribution >= 4 is 51.8 Å². The van der Waals surface area contributed by atoms with Gasteiger partial charge in [0.15, 0.2) is 5.92 Å². The Morgan fingerprint density at radius 1 is 1.29 bits per heavy atom.